The van der Waals surface area contributed by atoms with Crippen molar-refractivity contribution in [1.29, 1.82) is 0 Å². The number of carbonyl (C=O) groups excluding carboxylic acids is 2. The Morgan fingerprint density at radius 3 is 2.96 bits per heavy atom. The van der Waals surface area contributed by atoms with Gasteiger partial charge in [-0.3, -0.25) is 14.9 Å². The van der Waals surface area contributed by atoms with Crippen molar-refractivity contribution in [1.82, 2.24) is 4.98 Å². The minimum Gasteiger partial charge on any atom is -0.484 e. The number of anilines is 1. The van der Waals surface area contributed by atoms with Gasteiger partial charge in [0, 0.05) is 12.5 Å². The molecule has 0 saturated heterocycles. The van der Waals surface area contributed by atoms with Gasteiger partial charge in [0.25, 0.3) is 5.91 Å². The smallest absolute Gasteiger partial charge is 0.264 e. The maximum absolute atomic E-state index is 12.2. The second kappa shape index (κ2) is 6.28. The third kappa shape index (κ3) is 3.37. The lowest BCUT2D eigenvalue weighted by molar-refractivity contribution is -0.118. The largest absolute Gasteiger partial charge is 0.484 e. The maximum Gasteiger partial charge on any atom is 0.264 e. The number of rotatable bonds is 4. The minimum atomic E-state index is -0.333. The Morgan fingerprint density at radius 1 is 1.31 bits per heavy atom. The third-order valence-electron chi connectivity index (χ3n) is 4.20. The quantitative estimate of drug-likeness (QED) is 0.885. The molecule has 1 aromatic heterocycles. The van der Waals surface area contributed by atoms with Gasteiger partial charge in [0.2, 0.25) is 6.79 Å². The number of benzene rings is 1. The van der Waals surface area contributed by atoms with Crippen LogP contribution < -0.4 is 19.5 Å². The number of fused-ring (bicyclic) bond motifs is 2. The molecule has 2 aliphatic rings. The van der Waals surface area contributed by atoms with Crippen molar-refractivity contribution >= 4 is 28.2 Å². The molecule has 0 radical (unpaired) electrons. The average Bonchev–Trinajstić information content (AvgIpc) is 3.17. The van der Waals surface area contributed by atoms with Gasteiger partial charge in [0.05, 0.1) is 10.6 Å². The van der Waals surface area contributed by atoms with E-state index in [1.165, 1.54) is 11.3 Å². The standard InChI is InChI=1S/C18H18N2O5S/c1-18(2)6-11-16(12(21)7-18)26-17(19-11)20-15(22)8-23-10-3-4-13-14(5-10)25-9-24-13/h3-5H,6-9H2,1-2H3,(H,19,20,22). The fourth-order valence-corrected chi connectivity index (χ4v) is 3.98. The molecule has 4 rings (SSSR count). The van der Waals surface area contributed by atoms with Crippen LogP contribution in [0.3, 0.4) is 0 Å². The molecule has 1 amide bonds. The number of carbonyl (C=O) groups is 2. The Bertz CT molecular complexity index is 890. The predicted molar refractivity (Wildman–Crippen MR) is 95.2 cm³/mol. The van der Waals surface area contributed by atoms with Crippen LogP contribution in [0, 0.1) is 5.41 Å². The molecule has 136 valence electrons. The molecule has 0 fully saturated rings. The van der Waals surface area contributed by atoms with E-state index in [1.54, 1.807) is 18.2 Å². The number of ketones is 1. The van der Waals surface area contributed by atoms with Crippen molar-refractivity contribution < 1.29 is 23.8 Å². The van der Waals surface area contributed by atoms with Crippen LogP contribution >= 0.6 is 11.3 Å². The van der Waals surface area contributed by atoms with Crippen molar-refractivity contribution in [2.24, 2.45) is 5.41 Å². The number of thiazole rings is 1. The van der Waals surface area contributed by atoms with Crippen LogP contribution in [-0.4, -0.2) is 30.1 Å². The predicted octanol–water partition coefficient (Wildman–Crippen LogP) is 3.04. The van der Waals surface area contributed by atoms with Crippen LogP contribution in [0.4, 0.5) is 5.13 Å². The second-order valence-electron chi connectivity index (χ2n) is 7.09. The summed E-state index contributed by atoms with van der Waals surface area (Å²) >= 11 is 1.23. The van der Waals surface area contributed by atoms with Gasteiger partial charge in [-0.2, -0.15) is 0 Å². The van der Waals surface area contributed by atoms with Gasteiger partial charge >= 0.3 is 0 Å². The summed E-state index contributed by atoms with van der Waals surface area (Å²) in [4.78, 5) is 29.4. The molecule has 1 aliphatic heterocycles. The van der Waals surface area contributed by atoms with E-state index in [2.05, 4.69) is 10.3 Å². The first-order valence-corrected chi connectivity index (χ1v) is 9.06. The fourth-order valence-electron chi connectivity index (χ4n) is 3.04. The second-order valence-corrected chi connectivity index (χ2v) is 8.09. The van der Waals surface area contributed by atoms with Crippen LogP contribution in [0.5, 0.6) is 17.2 Å². The number of Topliss-reactive ketones (excluding diaryl/α,β-unsaturated/α-hetero) is 1. The van der Waals surface area contributed by atoms with Gasteiger partial charge in [0.15, 0.2) is 29.0 Å². The highest BCUT2D eigenvalue weighted by atomic mass is 32.1. The lowest BCUT2D eigenvalue weighted by atomic mass is 9.78. The highest BCUT2D eigenvalue weighted by molar-refractivity contribution is 7.17. The Balaban J connectivity index is 1.38. The van der Waals surface area contributed by atoms with Crippen molar-refractivity contribution in [3.05, 3.63) is 28.8 Å². The van der Waals surface area contributed by atoms with E-state index in [4.69, 9.17) is 14.2 Å². The van der Waals surface area contributed by atoms with E-state index in [0.717, 1.165) is 12.1 Å². The van der Waals surface area contributed by atoms with Crippen molar-refractivity contribution in [2.45, 2.75) is 26.7 Å². The number of nitrogens with one attached hydrogen (secondary N) is 1. The Morgan fingerprint density at radius 2 is 2.12 bits per heavy atom. The van der Waals surface area contributed by atoms with E-state index in [1.807, 2.05) is 13.8 Å². The Hall–Kier alpha value is -2.61. The minimum absolute atomic E-state index is 0.0888. The number of amides is 1. The molecular weight excluding hydrogens is 356 g/mol. The van der Waals surface area contributed by atoms with E-state index in [9.17, 15) is 9.59 Å². The molecule has 1 aromatic carbocycles. The van der Waals surface area contributed by atoms with E-state index in [0.29, 0.717) is 33.7 Å². The molecule has 0 atom stereocenters. The van der Waals surface area contributed by atoms with Crippen molar-refractivity contribution in [3.63, 3.8) is 0 Å². The lowest BCUT2D eigenvalue weighted by Gasteiger charge is -2.26. The van der Waals surface area contributed by atoms with E-state index in [-0.39, 0.29) is 30.5 Å². The summed E-state index contributed by atoms with van der Waals surface area (Å²) in [6.07, 6.45) is 1.23. The van der Waals surface area contributed by atoms with E-state index < -0.39 is 0 Å². The van der Waals surface area contributed by atoms with Crippen LogP contribution in [0.2, 0.25) is 0 Å². The lowest BCUT2D eigenvalue weighted by Crippen LogP contribution is -2.26. The SMILES string of the molecule is CC1(C)CC(=O)c2sc(NC(=O)COc3ccc4c(c3)OCO4)nc2C1. The zero-order chi connectivity index (χ0) is 18.3. The third-order valence-corrected chi connectivity index (χ3v) is 5.25. The molecule has 0 spiro atoms. The van der Waals surface area contributed by atoms with E-state index >= 15 is 0 Å². The first-order valence-electron chi connectivity index (χ1n) is 8.25. The molecule has 8 heteroatoms. The molecule has 2 aromatic rings. The molecule has 1 aliphatic carbocycles. The Kier molecular flexibility index (Phi) is 4.07. The summed E-state index contributed by atoms with van der Waals surface area (Å²) in [5.41, 5.74) is 0.672. The normalized spacial score (nSPS) is 16.9. The van der Waals surface area contributed by atoms with Crippen molar-refractivity contribution in [2.75, 3.05) is 18.7 Å². The van der Waals surface area contributed by atoms with Gasteiger partial charge in [-0.15, -0.1) is 0 Å². The van der Waals surface area contributed by atoms with Crippen LogP contribution in [0.15, 0.2) is 18.2 Å². The first kappa shape index (κ1) is 16.8. The topological polar surface area (TPSA) is 86.8 Å². The number of hydrogen-bond acceptors (Lipinski definition) is 7. The monoisotopic (exact) mass is 374 g/mol. The number of hydrogen-bond donors (Lipinski definition) is 1. The summed E-state index contributed by atoms with van der Waals surface area (Å²) < 4.78 is 16.0. The zero-order valence-electron chi connectivity index (χ0n) is 14.5. The molecule has 7 nitrogen and oxygen atoms in total. The van der Waals surface area contributed by atoms with Gasteiger partial charge in [0.1, 0.15) is 5.75 Å². The number of ether oxygens (including phenoxy) is 3. The van der Waals surface area contributed by atoms with Gasteiger partial charge < -0.3 is 14.2 Å². The first-order chi connectivity index (χ1) is 12.4. The number of aromatic nitrogens is 1. The summed E-state index contributed by atoms with van der Waals surface area (Å²) in [5, 5.41) is 3.14. The highest BCUT2D eigenvalue weighted by Crippen LogP contribution is 2.38. The molecule has 1 N–H and O–H groups in total. The summed E-state index contributed by atoms with van der Waals surface area (Å²) in [6.45, 7) is 4.11. The highest BCUT2D eigenvalue weighted by Gasteiger charge is 2.34. The summed E-state index contributed by atoms with van der Waals surface area (Å²) in [5.74, 6) is 1.52. The van der Waals surface area contributed by atoms with Gasteiger partial charge in [-0.25, -0.2) is 4.98 Å². The fraction of sp³-hybridized carbons (Fsp3) is 0.389. The molecule has 2 heterocycles. The summed E-state index contributed by atoms with van der Waals surface area (Å²) in [6, 6.07) is 5.12. The number of nitrogens with zero attached hydrogens (tertiary/aromatic N) is 1. The van der Waals surface area contributed by atoms with Crippen LogP contribution in [-0.2, 0) is 11.2 Å². The van der Waals surface area contributed by atoms with Gasteiger partial charge in [-0.05, 0) is 24.0 Å². The zero-order valence-corrected chi connectivity index (χ0v) is 15.3. The Labute approximate surface area is 154 Å². The average molecular weight is 374 g/mol. The molecule has 0 unspecified atom stereocenters. The van der Waals surface area contributed by atoms with Crippen LogP contribution in [0.1, 0.15) is 35.6 Å². The molecular formula is C18H18N2O5S. The maximum atomic E-state index is 12.2. The summed E-state index contributed by atoms with van der Waals surface area (Å²) in [7, 11) is 0. The van der Waals surface area contributed by atoms with Crippen molar-refractivity contribution in [3.8, 4) is 17.2 Å². The van der Waals surface area contributed by atoms with Crippen LogP contribution in [0.25, 0.3) is 0 Å². The molecule has 0 saturated carbocycles. The molecule has 26 heavy (non-hydrogen) atoms. The van der Waals surface area contributed by atoms with Gasteiger partial charge in [-0.1, -0.05) is 25.2 Å². The molecule has 0 bridgehead atoms.